The van der Waals surface area contributed by atoms with Gasteiger partial charge in [-0.25, -0.2) is 4.79 Å². The summed E-state index contributed by atoms with van der Waals surface area (Å²) in [6, 6.07) is 14.4. The van der Waals surface area contributed by atoms with E-state index in [2.05, 4.69) is 0 Å². The molecule has 0 bridgehead atoms. The molecule has 0 saturated carbocycles. The summed E-state index contributed by atoms with van der Waals surface area (Å²) in [5.41, 5.74) is 2.98. The van der Waals surface area contributed by atoms with Gasteiger partial charge in [-0.05, 0) is 22.8 Å². The average Bonchev–Trinajstić information content (AvgIpc) is 3.04. The normalized spacial score (nSPS) is 21.6. The van der Waals surface area contributed by atoms with Crippen LogP contribution in [0.2, 0.25) is 0 Å². The first-order chi connectivity index (χ1) is 11.6. The van der Waals surface area contributed by atoms with Gasteiger partial charge in [0.05, 0.1) is 0 Å². The van der Waals surface area contributed by atoms with Crippen molar-refractivity contribution in [3.05, 3.63) is 65.2 Å². The number of carboxylic acids is 1. The monoisotopic (exact) mass is 323 g/mol. The number of carbonyl (C=O) groups is 2. The summed E-state index contributed by atoms with van der Waals surface area (Å²) in [6.45, 7) is 0.308. The lowest BCUT2D eigenvalue weighted by molar-refractivity contribution is -0.154. The van der Waals surface area contributed by atoms with E-state index in [0.717, 1.165) is 16.7 Å². The Kier molecular flexibility index (Phi) is 3.49. The fourth-order valence-corrected chi connectivity index (χ4v) is 3.48. The molecule has 0 aromatic heterocycles. The third-order valence-electron chi connectivity index (χ3n) is 4.74. The van der Waals surface area contributed by atoms with Crippen LogP contribution >= 0.6 is 0 Å². The first kappa shape index (κ1) is 14.8. The highest BCUT2D eigenvalue weighted by Gasteiger charge is 2.40. The molecule has 0 fully saturated rings. The zero-order valence-corrected chi connectivity index (χ0v) is 13.0. The van der Waals surface area contributed by atoms with Crippen molar-refractivity contribution in [3.63, 3.8) is 0 Å². The molecule has 1 N–H and O–H groups in total. The molecule has 0 unspecified atom stereocenters. The van der Waals surface area contributed by atoms with Crippen LogP contribution in [0.25, 0.3) is 0 Å². The maximum atomic E-state index is 12.9. The average molecular weight is 323 g/mol. The van der Waals surface area contributed by atoms with Crippen LogP contribution < -0.4 is 4.74 Å². The van der Waals surface area contributed by atoms with Crippen LogP contribution in [0, 0.1) is 0 Å². The number of amides is 1. The molecule has 2 aromatic rings. The van der Waals surface area contributed by atoms with E-state index in [4.69, 9.17) is 4.74 Å². The summed E-state index contributed by atoms with van der Waals surface area (Å²) < 4.78 is 5.75. The van der Waals surface area contributed by atoms with Gasteiger partial charge in [0.25, 0.3) is 5.91 Å². The van der Waals surface area contributed by atoms with Crippen molar-refractivity contribution in [1.29, 1.82) is 0 Å². The Morgan fingerprint density at radius 2 is 1.62 bits per heavy atom. The molecule has 2 heterocycles. The van der Waals surface area contributed by atoms with Crippen LogP contribution in [-0.2, 0) is 29.0 Å². The van der Waals surface area contributed by atoms with Crippen molar-refractivity contribution in [2.75, 3.05) is 0 Å². The second-order valence-corrected chi connectivity index (χ2v) is 6.21. The standard InChI is InChI=1S/C19H17NO4/c21-18(17-10-13-6-3-4-8-16(13)24-17)20-11-14-7-2-1-5-12(14)9-15(20)19(22)23/h1-8,15,17H,9-11H2,(H,22,23)/t15-,17+/m1/s1. The van der Waals surface area contributed by atoms with Crippen molar-refractivity contribution < 1.29 is 19.4 Å². The highest BCUT2D eigenvalue weighted by molar-refractivity contribution is 5.88. The van der Waals surface area contributed by atoms with E-state index in [0.29, 0.717) is 25.1 Å². The zero-order chi connectivity index (χ0) is 16.7. The number of carbonyl (C=O) groups excluding carboxylic acids is 1. The predicted molar refractivity (Wildman–Crippen MR) is 86.7 cm³/mol. The number of aliphatic carboxylic acids is 1. The number of fused-ring (bicyclic) bond motifs is 2. The van der Waals surface area contributed by atoms with Gasteiger partial charge < -0.3 is 14.7 Å². The summed E-state index contributed by atoms with van der Waals surface area (Å²) in [6.07, 6.45) is 0.172. The molecular weight excluding hydrogens is 306 g/mol. The maximum Gasteiger partial charge on any atom is 0.326 e. The molecular formula is C19H17NO4. The minimum Gasteiger partial charge on any atom is -0.480 e. The maximum absolute atomic E-state index is 12.9. The largest absolute Gasteiger partial charge is 0.480 e. The molecule has 122 valence electrons. The summed E-state index contributed by atoms with van der Waals surface area (Å²) in [5, 5.41) is 9.56. The van der Waals surface area contributed by atoms with Crippen LogP contribution in [0.3, 0.4) is 0 Å². The topological polar surface area (TPSA) is 66.8 Å². The number of rotatable bonds is 2. The molecule has 2 aromatic carbocycles. The summed E-state index contributed by atoms with van der Waals surface area (Å²) in [7, 11) is 0. The minimum absolute atomic E-state index is 0.256. The molecule has 5 heteroatoms. The second-order valence-electron chi connectivity index (χ2n) is 6.21. The van der Waals surface area contributed by atoms with Gasteiger partial charge in [0.15, 0.2) is 6.10 Å². The molecule has 2 aliphatic heterocycles. The van der Waals surface area contributed by atoms with Gasteiger partial charge in [-0.1, -0.05) is 42.5 Å². The summed E-state index contributed by atoms with van der Waals surface area (Å²) in [4.78, 5) is 26.1. The van der Waals surface area contributed by atoms with E-state index in [9.17, 15) is 14.7 Å². The van der Waals surface area contributed by atoms with E-state index in [1.165, 1.54) is 4.90 Å². The Balaban J connectivity index is 1.60. The van der Waals surface area contributed by atoms with Crippen LogP contribution in [0.1, 0.15) is 16.7 Å². The first-order valence-electron chi connectivity index (χ1n) is 7.98. The SMILES string of the molecule is O=C(O)[C@H]1Cc2ccccc2CN1C(=O)[C@@H]1Cc2ccccc2O1. The number of carboxylic acid groups (broad SMARTS) is 1. The van der Waals surface area contributed by atoms with Gasteiger partial charge in [-0.3, -0.25) is 4.79 Å². The molecule has 2 aliphatic rings. The molecule has 0 spiro atoms. The first-order valence-corrected chi connectivity index (χ1v) is 7.98. The van der Waals surface area contributed by atoms with E-state index >= 15 is 0 Å². The number of para-hydroxylation sites is 1. The quantitative estimate of drug-likeness (QED) is 0.918. The Morgan fingerprint density at radius 1 is 0.958 bits per heavy atom. The third kappa shape index (κ3) is 2.42. The number of hydrogen-bond donors (Lipinski definition) is 1. The molecule has 1 amide bonds. The molecule has 0 radical (unpaired) electrons. The second kappa shape index (κ2) is 5.67. The predicted octanol–water partition coefficient (Wildman–Crippen LogP) is 2.03. The molecule has 4 rings (SSSR count). The van der Waals surface area contributed by atoms with Crippen LogP contribution in [0.4, 0.5) is 0 Å². The third-order valence-corrected chi connectivity index (χ3v) is 4.74. The fraction of sp³-hybridized carbons (Fsp3) is 0.263. The lowest BCUT2D eigenvalue weighted by Gasteiger charge is -2.35. The van der Waals surface area contributed by atoms with E-state index in [1.54, 1.807) is 0 Å². The zero-order valence-electron chi connectivity index (χ0n) is 13.0. The Labute approximate surface area is 139 Å². The molecule has 24 heavy (non-hydrogen) atoms. The lowest BCUT2D eigenvalue weighted by atomic mass is 9.93. The van der Waals surface area contributed by atoms with E-state index in [-0.39, 0.29) is 5.91 Å². The number of ether oxygens (including phenoxy) is 1. The smallest absolute Gasteiger partial charge is 0.326 e. The van der Waals surface area contributed by atoms with E-state index < -0.39 is 18.1 Å². The highest BCUT2D eigenvalue weighted by Crippen LogP contribution is 2.31. The molecule has 0 saturated heterocycles. The minimum atomic E-state index is -0.978. The van der Waals surface area contributed by atoms with Crippen molar-refractivity contribution in [3.8, 4) is 5.75 Å². The van der Waals surface area contributed by atoms with Crippen molar-refractivity contribution in [1.82, 2.24) is 4.90 Å². The van der Waals surface area contributed by atoms with Gasteiger partial charge in [0.2, 0.25) is 0 Å². The fourth-order valence-electron chi connectivity index (χ4n) is 3.48. The lowest BCUT2D eigenvalue weighted by Crippen LogP contribution is -2.52. The van der Waals surface area contributed by atoms with Crippen molar-refractivity contribution in [2.24, 2.45) is 0 Å². The molecule has 5 nitrogen and oxygen atoms in total. The summed E-state index contributed by atoms with van der Waals surface area (Å²) >= 11 is 0. The molecule has 0 aliphatic carbocycles. The van der Waals surface area contributed by atoms with Gasteiger partial charge >= 0.3 is 5.97 Å². The number of benzene rings is 2. The van der Waals surface area contributed by atoms with Gasteiger partial charge in [-0.15, -0.1) is 0 Å². The molecule has 2 atom stereocenters. The Bertz CT molecular complexity index is 792. The Morgan fingerprint density at radius 3 is 2.33 bits per heavy atom. The van der Waals surface area contributed by atoms with Gasteiger partial charge in [-0.2, -0.15) is 0 Å². The van der Waals surface area contributed by atoms with Gasteiger partial charge in [0, 0.05) is 19.4 Å². The highest BCUT2D eigenvalue weighted by atomic mass is 16.5. The van der Waals surface area contributed by atoms with Crippen molar-refractivity contribution >= 4 is 11.9 Å². The number of nitrogens with zero attached hydrogens (tertiary/aromatic N) is 1. The van der Waals surface area contributed by atoms with Crippen LogP contribution in [0.15, 0.2) is 48.5 Å². The van der Waals surface area contributed by atoms with Gasteiger partial charge in [0.1, 0.15) is 11.8 Å². The number of hydrogen-bond acceptors (Lipinski definition) is 3. The Hall–Kier alpha value is -2.82. The van der Waals surface area contributed by atoms with Crippen LogP contribution in [-0.4, -0.2) is 34.0 Å². The van der Waals surface area contributed by atoms with Crippen LogP contribution in [0.5, 0.6) is 5.75 Å². The summed E-state index contributed by atoms with van der Waals surface area (Å²) in [5.74, 6) is -0.526. The van der Waals surface area contributed by atoms with Crippen molar-refractivity contribution in [2.45, 2.75) is 31.5 Å². The van der Waals surface area contributed by atoms with E-state index in [1.807, 2.05) is 48.5 Å².